The highest BCUT2D eigenvalue weighted by Crippen LogP contribution is 2.29. The van der Waals surface area contributed by atoms with Crippen molar-refractivity contribution in [1.29, 1.82) is 5.26 Å². The Morgan fingerprint density at radius 1 is 1.10 bits per heavy atom. The number of nitrogens with zero attached hydrogens (tertiary/aromatic N) is 5. The van der Waals surface area contributed by atoms with Gasteiger partial charge in [0.2, 0.25) is 11.8 Å². The summed E-state index contributed by atoms with van der Waals surface area (Å²) in [6, 6.07) is 13.6. The fourth-order valence-corrected chi connectivity index (χ4v) is 5.26. The van der Waals surface area contributed by atoms with Crippen LogP contribution in [0.1, 0.15) is 47.1 Å². The van der Waals surface area contributed by atoms with Crippen LogP contribution in [-0.2, 0) is 29.2 Å². The monoisotopic (exact) mass is 659 g/mol. The molecule has 0 bridgehead atoms. The number of carbonyl (C=O) groups is 2. The Bertz CT molecular complexity index is 1800. The second-order valence-corrected chi connectivity index (χ2v) is 11.1. The van der Waals surface area contributed by atoms with Crippen LogP contribution in [0.5, 0.6) is 11.6 Å². The molecule has 0 saturated carbocycles. The lowest BCUT2D eigenvalue weighted by atomic mass is 10.1. The summed E-state index contributed by atoms with van der Waals surface area (Å²) >= 11 is 0. The summed E-state index contributed by atoms with van der Waals surface area (Å²) in [6.07, 6.45) is 4.50. The van der Waals surface area contributed by atoms with E-state index in [2.05, 4.69) is 20.6 Å². The molecule has 2 N–H and O–H groups in total. The molecule has 0 atom stereocenters. The topological polar surface area (TPSA) is 144 Å². The number of anilines is 2. The molecule has 2 aromatic heterocycles. The number of ether oxygens (including phenoxy) is 3. The Kier molecular flexibility index (Phi) is 11.1. The van der Waals surface area contributed by atoms with Crippen molar-refractivity contribution < 1.29 is 32.6 Å². The van der Waals surface area contributed by atoms with Crippen molar-refractivity contribution in [2.24, 2.45) is 0 Å². The average Bonchev–Trinajstić information content (AvgIpc) is 3.56. The van der Waals surface area contributed by atoms with Crippen LogP contribution >= 0.6 is 0 Å². The number of benzene rings is 2. The molecule has 48 heavy (non-hydrogen) atoms. The molecule has 2 aromatic carbocycles. The summed E-state index contributed by atoms with van der Waals surface area (Å²) < 4.78 is 47.7. The van der Waals surface area contributed by atoms with Gasteiger partial charge in [0.15, 0.2) is 11.6 Å². The van der Waals surface area contributed by atoms with E-state index in [0.29, 0.717) is 44.0 Å². The normalized spacial score (nSPS) is 13.4. The number of methoxy groups -OCH3 is 1. The van der Waals surface area contributed by atoms with Crippen LogP contribution in [0, 0.1) is 23.0 Å². The van der Waals surface area contributed by atoms with Gasteiger partial charge < -0.3 is 29.4 Å². The molecule has 1 aliphatic rings. The molecule has 0 spiro atoms. The molecule has 3 heterocycles. The summed E-state index contributed by atoms with van der Waals surface area (Å²) in [6.45, 7) is 4.13. The highest BCUT2D eigenvalue weighted by molar-refractivity contribution is 5.98. The van der Waals surface area contributed by atoms with E-state index in [1.807, 2.05) is 22.5 Å². The van der Waals surface area contributed by atoms with Crippen molar-refractivity contribution in [2.75, 3.05) is 37.4 Å². The molecule has 5 rings (SSSR count). The first-order valence-electron chi connectivity index (χ1n) is 15.4. The van der Waals surface area contributed by atoms with Crippen LogP contribution in [0.4, 0.5) is 20.2 Å². The quantitative estimate of drug-likeness (QED) is 0.190. The largest absolute Gasteiger partial charge is 0.484 e. The van der Waals surface area contributed by atoms with E-state index in [1.165, 1.54) is 25.3 Å². The number of nitrogens with one attached hydrogen (secondary N) is 2. The number of rotatable bonds is 13. The third kappa shape index (κ3) is 8.62. The molecule has 1 aliphatic heterocycles. The average molecular weight is 660 g/mol. The first kappa shape index (κ1) is 33.8. The number of pyridine rings is 1. The third-order valence-corrected chi connectivity index (χ3v) is 7.78. The van der Waals surface area contributed by atoms with E-state index in [4.69, 9.17) is 19.5 Å². The van der Waals surface area contributed by atoms with Gasteiger partial charge in [0.05, 0.1) is 60.8 Å². The number of nitriles is 1. The minimum Gasteiger partial charge on any atom is -0.484 e. The van der Waals surface area contributed by atoms with E-state index in [-0.39, 0.29) is 54.1 Å². The number of aromatic nitrogens is 3. The van der Waals surface area contributed by atoms with Crippen LogP contribution in [-0.4, -0.2) is 64.2 Å². The summed E-state index contributed by atoms with van der Waals surface area (Å²) in [5.41, 5.74) is 1.77. The zero-order valence-electron chi connectivity index (χ0n) is 26.5. The number of amides is 1. The first-order chi connectivity index (χ1) is 23.3. The highest BCUT2D eigenvalue weighted by atomic mass is 19.1. The van der Waals surface area contributed by atoms with Gasteiger partial charge in [-0.2, -0.15) is 5.26 Å². The predicted molar refractivity (Wildman–Crippen MR) is 171 cm³/mol. The van der Waals surface area contributed by atoms with Crippen molar-refractivity contribution in [1.82, 2.24) is 19.4 Å². The summed E-state index contributed by atoms with van der Waals surface area (Å²) in [5, 5.41) is 14.7. The summed E-state index contributed by atoms with van der Waals surface area (Å²) in [5.74, 6) is -2.09. The van der Waals surface area contributed by atoms with E-state index >= 15 is 4.39 Å². The highest BCUT2D eigenvalue weighted by Gasteiger charge is 2.24. The maximum absolute atomic E-state index is 15.3. The van der Waals surface area contributed by atoms with E-state index in [9.17, 15) is 14.0 Å². The summed E-state index contributed by atoms with van der Waals surface area (Å²) in [7, 11) is 1.21. The van der Waals surface area contributed by atoms with E-state index < -0.39 is 23.5 Å². The van der Waals surface area contributed by atoms with Gasteiger partial charge in [-0.3, -0.25) is 9.69 Å². The van der Waals surface area contributed by atoms with Crippen LogP contribution in [0.2, 0.25) is 0 Å². The number of esters is 1. The fraction of sp³-hybridized carbons (Fsp3) is 0.324. The molecule has 250 valence electrons. The van der Waals surface area contributed by atoms with Crippen LogP contribution in [0.25, 0.3) is 0 Å². The van der Waals surface area contributed by atoms with E-state index in [0.717, 1.165) is 17.8 Å². The van der Waals surface area contributed by atoms with Crippen molar-refractivity contribution in [3.63, 3.8) is 0 Å². The number of aryl methyl sites for hydroxylation is 1. The Hall–Kier alpha value is -5.55. The standard InChI is InChI=1S/C34H35F2N7O5/c1-3-43-21-38-17-25(43)18-39-29-15-23(34(45)46-2)14-28(36)33(29)41-31(44)19-42-11-9-26(10-12-42)48-32-6-4-5-24(40-32)20-47-30-8-7-22(16-37)13-27(30)35/h4-8,13-15,17,21,26,39H,3,9-12,18-20H2,1-2H3,(H,41,44). The third-order valence-electron chi connectivity index (χ3n) is 7.78. The second-order valence-electron chi connectivity index (χ2n) is 11.1. The fourth-order valence-electron chi connectivity index (χ4n) is 5.26. The zero-order chi connectivity index (χ0) is 34.0. The summed E-state index contributed by atoms with van der Waals surface area (Å²) in [4.78, 5) is 35.8. The number of likely N-dealkylation sites (tertiary alicyclic amines) is 1. The van der Waals surface area contributed by atoms with Crippen molar-refractivity contribution in [2.45, 2.75) is 45.6 Å². The van der Waals surface area contributed by atoms with Crippen LogP contribution < -0.4 is 20.1 Å². The lowest BCUT2D eigenvalue weighted by Crippen LogP contribution is -2.42. The number of hydrogen-bond donors (Lipinski definition) is 2. The number of halogens is 2. The van der Waals surface area contributed by atoms with Crippen molar-refractivity contribution in [3.8, 4) is 17.7 Å². The molecule has 1 saturated heterocycles. The van der Waals surface area contributed by atoms with Crippen molar-refractivity contribution in [3.05, 3.63) is 95.2 Å². The van der Waals surface area contributed by atoms with Gasteiger partial charge in [-0.1, -0.05) is 6.07 Å². The lowest BCUT2D eigenvalue weighted by molar-refractivity contribution is -0.117. The molecular formula is C34H35F2N7O5. The molecule has 1 amide bonds. The second kappa shape index (κ2) is 15.8. The van der Waals surface area contributed by atoms with Gasteiger partial charge in [-0.25, -0.2) is 23.5 Å². The molecule has 14 heteroatoms. The van der Waals surface area contributed by atoms with Gasteiger partial charge >= 0.3 is 5.97 Å². The van der Waals surface area contributed by atoms with Gasteiger partial charge in [-0.05, 0) is 56.2 Å². The number of piperidine rings is 1. The molecule has 12 nitrogen and oxygen atoms in total. The minimum atomic E-state index is -0.771. The Labute approximate surface area is 276 Å². The Morgan fingerprint density at radius 2 is 1.92 bits per heavy atom. The Morgan fingerprint density at radius 3 is 2.65 bits per heavy atom. The van der Waals surface area contributed by atoms with Gasteiger partial charge in [0.25, 0.3) is 0 Å². The number of imidazole rings is 1. The smallest absolute Gasteiger partial charge is 0.338 e. The molecular weight excluding hydrogens is 624 g/mol. The minimum absolute atomic E-state index is 0.00863. The SMILES string of the molecule is CCn1cncc1CNc1cc(C(=O)OC)cc(F)c1NC(=O)CN1CCC(Oc2cccc(COc3ccc(C#N)cc3F)n2)CC1. The molecule has 0 aliphatic carbocycles. The van der Waals surface area contributed by atoms with Gasteiger partial charge in [-0.15, -0.1) is 0 Å². The maximum atomic E-state index is 15.3. The molecule has 4 aromatic rings. The van der Waals surface area contributed by atoms with Crippen molar-refractivity contribution >= 4 is 23.3 Å². The predicted octanol–water partition coefficient (Wildman–Crippen LogP) is 4.91. The maximum Gasteiger partial charge on any atom is 0.338 e. The number of hydrogen-bond acceptors (Lipinski definition) is 10. The zero-order valence-corrected chi connectivity index (χ0v) is 26.5. The van der Waals surface area contributed by atoms with Gasteiger partial charge in [0.1, 0.15) is 24.2 Å². The molecule has 1 fully saturated rings. The van der Waals surface area contributed by atoms with E-state index in [1.54, 1.807) is 30.7 Å². The number of carbonyl (C=O) groups excluding carboxylic acids is 2. The molecule has 0 radical (unpaired) electrons. The lowest BCUT2D eigenvalue weighted by Gasteiger charge is -2.31. The Balaban J connectivity index is 1.14. The molecule has 0 unspecified atom stereocenters. The van der Waals surface area contributed by atoms with Crippen LogP contribution in [0.3, 0.4) is 0 Å². The van der Waals surface area contributed by atoms with Crippen LogP contribution in [0.15, 0.2) is 61.1 Å². The van der Waals surface area contributed by atoms with Gasteiger partial charge in [0, 0.05) is 31.9 Å². The first-order valence-corrected chi connectivity index (χ1v) is 15.4.